The van der Waals surface area contributed by atoms with Crippen LogP contribution in [0.4, 0.5) is 9.18 Å². The predicted octanol–water partition coefficient (Wildman–Crippen LogP) is 4.54. The van der Waals surface area contributed by atoms with E-state index in [1.807, 2.05) is 56.3 Å². The highest BCUT2D eigenvalue weighted by atomic mass is 19.1. The number of Topliss-reactive ketones (excluding diaryl/α,β-unsaturated/α-hetero) is 2. The zero-order valence-corrected chi connectivity index (χ0v) is 34.0. The molecule has 0 unspecified atom stereocenters. The normalized spacial score (nSPS) is 38.5. The Balaban J connectivity index is 1.59. The van der Waals surface area contributed by atoms with E-state index >= 15 is 4.39 Å². The molecule has 2 aromatic rings. The number of alkyl halides is 1. The van der Waals surface area contributed by atoms with E-state index in [-0.39, 0.29) is 31.3 Å². The number of nitrogens with zero attached hydrogens (tertiary/aromatic N) is 2. The van der Waals surface area contributed by atoms with E-state index in [2.05, 4.69) is 22.1 Å². The van der Waals surface area contributed by atoms with Crippen LogP contribution in [0.15, 0.2) is 36.5 Å². The highest BCUT2D eigenvalue weighted by Crippen LogP contribution is 2.41. The van der Waals surface area contributed by atoms with Gasteiger partial charge in [0.05, 0.1) is 29.4 Å². The second-order valence-electron chi connectivity index (χ2n) is 16.4. The lowest BCUT2D eigenvalue weighted by Crippen LogP contribution is -2.61. The average Bonchev–Trinajstić information content (AvgIpc) is 3.47. The van der Waals surface area contributed by atoms with Crippen LogP contribution in [0.3, 0.4) is 0 Å². The molecular formula is C42H56FN3O10. The van der Waals surface area contributed by atoms with Gasteiger partial charge in [0.15, 0.2) is 17.7 Å². The third kappa shape index (κ3) is 8.62. The van der Waals surface area contributed by atoms with Crippen LogP contribution < -0.4 is 5.32 Å². The van der Waals surface area contributed by atoms with E-state index < -0.39 is 89.2 Å². The topological polar surface area (TPSA) is 163 Å². The van der Waals surface area contributed by atoms with E-state index in [4.69, 9.17) is 23.7 Å². The number of aliphatic hydroxyl groups is 1. The number of pyridine rings is 1. The first-order valence-electron chi connectivity index (χ1n) is 19.3. The number of rotatable bonds is 6. The van der Waals surface area contributed by atoms with Crippen LogP contribution in [0, 0.1) is 29.6 Å². The molecule has 0 aliphatic carbocycles. The van der Waals surface area contributed by atoms with Crippen LogP contribution in [-0.2, 0) is 38.1 Å². The van der Waals surface area contributed by atoms with Crippen LogP contribution in [-0.4, -0.2) is 119 Å². The zero-order chi connectivity index (χ0) is 41.3. The molecule has 3 saturated heterocycles. The SMILES string of the molecule is CC[C@@H]1OC(=O)[C@@](C)(F)C(=O)[C@H](C)[C@@H](O[C@@H]2O[C@H](C)C[C@H](N(C)C)[C@H]2O)[C@@](C)(OCC#Cc2cnc3ccccc3c2)C[C@@H](C)C(=O)[C@@H](C)[C@H]2NC(=O)O[C@]12C. The first kappa shape index (κ1) is 43.1. The van der Waals surface area contributed by atoms with Crippen molar-refractivity contribution in [1.82, 2.24) is 15.2 Å². The number of likely N-dealkylation sites (N-methyl/N-ethyl adjacent to an activating group) is 1. The second-order valence-corrected chi connectivity index (χ2v) is 16.4. The molecule has 3 fully saturated rings. The number of para-hydroxylation sites is 1. The molecule has 306 valence electrons. The van der Waals surface area contributed by atoms with E-state index in [0.717, 1.165) is 17.8 Å². The van der Waals surface area contributed by atoms with Crippen molar-refractivity contribution in [1.29, 1.82) is 0 Å². The Kier molecular flexibility index (Phi) is 13.0. The van der Waals surface area contributed by atoms with Gasteiger partial charge in [-0.15, -0.1) is 0 Å². The lowest BCUT2D eigenvalue weighted by molar-refractivity contribution is -0.296. The molecule has 4 heterocycles. The molecule has 0 spiro atoms. The average molecular weight is 782 g/mol. The number of fused-ring (bicyclic) bond motifs is 2. The Bertz CT molecular complexity index is 1860. The Morgan fingerprint density at radius 2 is 1.77 bits per heavy atom. The molecule has 3 aliphatic heterocycles. The lowest BCUT2D eigenvalue weighted by atomic mass is 9.73. The van der Waals surface area contributed by atoms with Crippen LogP contribution >= 0.6 is 0 Å². The summed E-state index contributed by atoms with van der Waals surface area (Å²) in [5, 5.41) is 15.1. The van der Waals surface area contributed by atoms with Crippen molar-refractivity contribution < 1.29 is 52.4 Å². The number of carbonyl (C=O) groups excluding carboxylic acids is 4. The summed E-state index contributed by atoms with van der Waals surface area (Å²) in [6.07, 6.45) is -4.18. The van der Waals surface area contributed by atoms with Gasteiger partial charge in [0.1, 0.15) is 24.6 Å². The van der Waals surface area contributed by atoms with Crippen molar-refractivity contribution in [3.8, 4) is 11.8 Å². The summed E-state index contributed by atoms with van der Waals surface area (Å²) >= 11 is 0. The summed E-state index contributed by atoms with van der Waals surface area (Å²) in [4.78, 5) is 61.5. The highest BCUT2D eigenvalue weighted by molar-refractivity contribution is 6.08. The lowest BCUT2D eigenvalue weighted by Gasteiger charge is -2.47. The monoisotopic (exact) mass is 781 g/mol. The smallest absolute Gasteiger partial charge is 0.408 e. The molecule has 1 aromatic carbocycles. The Hall–Kier alpha value is -4.00. The molecule has 3 aliphatic rings. The number of halogens is 1. The van der Waals surface area contributed by atoms with Gasteiger partial charge in [-0.25, -0.2) is 14.0 Å². The Morgan fingerprint density at radius 3 is 2.45 bits per heavy atom. The van der Waals surface area contributed by atoms with Crippen molar-refractivity contribution in [2.75, 3.05) is 20.7 Å². The summed E-state index contributed by atoms with van der Waals surface area (Å²) in [6.45, 7) is 12.0. The molecule has 56 heavy (non-hydrogen) atoms. The summed E-state index contributed by atoms with van der Waals surface area (Å²) in [5.41, 5.74) is -4.93. The first-order valence-corrected chi connectivity index (χ1v) is 19.3. The molecule has 13 nitrogen and oxygen atoms in total. The third-order valence-corrected chi connectivity index (χ3v) is 11.8. The van der Waals surface area contributed by atoms with E-state index in [0.29, 0.717) is 12.0 Å². The van der Waals surface area contributed by atoms with Crippen molar-refractivity contribution in [2.45, 2.75) is 134 Å². The molecule has 2 N–H and O–H groups in total. The number of carbonyl (C=O) groups is 4. The van der Waals surface area contributed by atoms with Crippen molar-refractivity contribution in [3.63, 3.8) is 0 Å². The minimum atomic E-state index is -3.21. The quantitative estimate of drug-likeness (QED) is 0.240. The van der Waals surface area contributed by atoms with Crippen LogP contribution in [0.25, 0.3) is 10.9 Å². The van der Waals surface area contributed by atoms with Crippen molar-refractivity contribution in [2.24, 2.45) is 17.8 Å². The number of benzene rings is 1. The number of amides is 1. The summed E-state index contributed by atoms with van der Waals surface area (Å²) in [5.74, 6) is 0.0167. The van der Waals surface area contributed by atoms with Gasteiger partial charge in [0.25, 0.3) is 5.67 Å². The largest absolute Gasteiger partial charge is 0.455 e. The number of hydrogen-bond acceptors (Lipinski definition) is 12. The van der Waals surface area contributed by atoms with Crippen molar-refractivity contribution >= 4 is 34.5 Å². The summed E-state index contributed by atoms with van der Waals surface area (Å²) in [7, 11) is 3.63. The molecule has 0 bridgehead atoms. The molecule has 1 amide bonds. The van der Waals surface area contributed by atoms with E-state index in [1.54, 1.807) is 33.9 Å². The predicted molar refractivity (Wildman–Crippen MR) is 204 cm³/mol. The zero-order valence-electron chi connectivity index (χ0n) is 34.0. The van der Waals surface area contributed by atoms with Gasteiger partial charge in [0, 0.05) is 40.9 Å². The maximum Gasteiger partial charge on any atom is 0.408 e. The minimum Gasteiger partial charge on any atom is -0.455 e. The molecule has 0 radical (unpaired) electrons. The Labute approximate surface area is 328 Å². The molecule has 14 heteroatoms. The van der Waals surface area contributed by atoms with Gasteiger partial charge in [-0.3, -0.25) is 14.6 Å². The van der Waals surface area contributed by atoms with Crippen molar-refractivity contribution in [3.05, 3.63) is 42.1 Å². The fourth-order valence-corrected chi connectivity index (χ4v) is 8.61. The second kappa shape index (κ2) is 16.8. The fraction of sp³-hybridized carbons (Fsp3) is 0.643. The number of aromatic nitrogens is 1. The Morgan fingerprint density at radius 1 is 1.07 bits per heavy atom. The van der Waals surface area contributed by atoms with E-state index in [1.165, 1.54) is 13.8 Å². The summed E-state index contributed by atoms with van der Waals surface area (Å²) < 4.78 is 47.4. The van der Waals surface area contributed by atoms with Gasteiger partial charge in [0.2, 0.25) is 0 Å². The highest BCUT2D eigenvalue weighted by Gasteiger charge is 2.59. The van der Waals surface area contributed by atoms with Gasteiger partial charge in [-0.2, -0.15) is 0 Å². The van der Waals surface area contributed by atoms with Gasteiger partial charge in [-0.05, 0) is 73.2 Å². The number of esters is 1. The third-order valence-electron chi connectivity index (χ3n) is 11.8. The van der Waals surface area contributed by atoms with Gasteiger partial charge < -0.3 is 39.0 Å². The number of alkyl carbamates (subject to hydrolysis) is 1. The number of cyclic esters (lactones) is 1. The van der Waals surface area contributed by atoms with Crippen LogP contribution in [0.2, 0.25) is 0 Å². The van der Waals surface area contributed by atoms with Gasteiger partial charge >= 0.3 is 12.1 Å². The minimum absolute atomic E-state index is 0.0734. The maximum atomic E-state index is 16.9. The van der Waals surface area contributed by atoms with Crippen LogP contribution in [0.1, 0.15) is 80.2 Å². The van der Waals surface area contributed by atoms with E-state index in [9.17, 15) is 24.3 Å². The van der Waals surface area contributed by atoms with Crippen LogP contribution in [0.5, 0.6) is 0 Å². The van der Waals surface area contributed by atoms with Gasteiger partial charge in [-0.1, -0.05) is 57.7 Å². The number of ether oxygens (including phenoxy) is 5. The number of ketones is 2. The molecule has 13 atom stereocenters. The fourth-order valence-electron chi connectivity index (χ4n) is 8.61. The standard InChI is InChI=1S/C42H56FN3O10/c1-11-31-42(8)34(45-39(51)56-42)25(4)32(47)23(2)21-40(6,52-18-14-15-27-20-28-16-12-13-17-29(28)44-22-27)36(26(5)35(49)41(7,43)38(50)54-31)55-37-33(48)30(46(9)10)19-24(3)53-37/h12-13,16-17,20,22-26,30-31,33-34,36-37,48H,11,18-19,21H2,1-10H3,(H,45,51)/t23-,24-,25-,26+,30+,31+,33-,34-,36-,37+,40+,41+,42-/m1/s1. The number of hydrogen-bond donors (Lipinski definition) is 2. The summed E-state index contributed by atoms with van der Waals surface area (Å²) in [6, 6.07) is 8.13. The first-order chi connectivity index (χ1) is 26.2. The molecule has 5 rings (SSSR count). The maximum absolute atomic E-state index is 16.9. The molecular weight excluding hydrogens is 725 g/mol. The number of nitrogens with one attached hydrogen (secondary N) is 1. The molecule has 1 aromatic heterocycles. The number of aliphatic hydroxyl groups excluding tert-OH is 1. The molecule has 0 saturated carbocycles.